The number of rotatable bonds is 4. The van der Waals surface area contributed by atoms with E-state index >= 15 is 0 Å². The molecule has 0 unspecified atom stereocenters. The summed E-state index contributed by atoms with van der Waals surface area (Å²) in [6.45, 7) is 13.9. The minimum atomic E-state index is -0.443. The SMILES string of the molecule is CC(C)=O.CCC.Cc1cc(C(=O)N2CCCCc3sccc32)ccc1COC(=O)N1CCC[C@H]1C(=O)N1CCCN(C)CC1. The standard InChI is InChI=1S/C29H38N4O4S.C3H6O.C3H8/c1-21-19-22(27(34)32-14-4-3-8-26-24(32)11-18-38-26)9-10-23(21)20-37-29(36)33-15-5-7-25(33)28(35)31-13-6-12-30(2)16-17-31;1-3(2)4;1-3-2/h9-11,18-19,25H,3-8,12-17,20H2,1-2H3;1-2H3;3H2,1-2H3/t25-;;/m0../s1. The van der Waals surface area contributed by atoms with E-state index in [-0.39, 0.29) is 24.2 Å². The fourth-order valence-corrected chi connectivity index (χ4v) is 6.66. The zero-order chi connectivity index (χ0) is 32.9. The maximum atomic E-state index is 13.4. The number of thiophene rings is 1. The molecule has 3 aliphatic rings. The Bertz CT molecular complexity index is 1290. The number of nitrogens with zero attached hydrogens (tertiary/aromatic N) is 4. The summed E-state index contributed by atoms with van der Waals surface area (Å²) in [6.07, 6.45) is 6.36. The lowest BCUT2D eigenvalue weighted by atomic mass is 10.0. The smallest absolute Gasteiger partial charge is 0.410 e. The number of benzene rings is 1. The molecule has 248 valence electrons. The van der Waals surface area contributed by atoms with Crippen LogP contribution in [0.2, 0.25) is 0 Å². The Morgan fingerprint density at radius 1 is 0.911 bits per heavy atom. The third-order valence-corrected chi connectivity index (χ3v) is 9.01. The number of hydrogen-bond donors (Lipinski definition) is 0. The van der Waals surface area contributed by atoms with Crippen LogP contribution in [0.5, 0.6) is 0 Å². The number of anilines is 1. The first-order valence-electron chi connectivity index (χ1n) is 16.4. The largest absolute Gasteiger partial charge is 0.445 e. The number of likely N-dealkylation sites (N-methyl/N-ethyl adjacent to an activating group) is 1. The molecule has 5 rings (SSSR count). The van der Waals surface area contributed by atoms with Crippen LogP contribution in [0.15, 0.2) is 29.6 Å². The molecule has 10 heteroatoms. The van der Waals surface area contributed by atoms with Crippen molar-refractivity contribution < 1.29 is 23.9 Å². The van der Waals surface area contributed by atoms with E-state index in [1.54, 1.807) is 16.2 Å². The molecule has 1 aromatic heterocycles. The molecule has 1 atom stereocenters. The number of likely N-dealkylation sites (tertiary alicyclic amines) is 1. The fourth-order valence-electron chi connectivity index (χ4n) is 5.74. The fraction of sp³-hybridized carbons (Fsp3) is 0.600. The quantitative estimate of drug-likeness (QED) is 0.389. The molecule has 3 amide bonds. The van der Waals surface area contributed by atoms with E-state index < -0.39 is 12.1 Å². The van der Waals surface area contributed by atoms with Gasteiger partial charge in [-0.2, -0.15) is 0 Å². The molecular formula is C35H52N4O5S. The average Bonchev–Trinajstić information content (AvgIpc) is 3.57. The van der Waals surface area contributed by atoms with E-state index in [0.29, 0.717) is 25.1 Å². The van der Waals surface area contributed by atoms with Gasteiger partial charge in [0, 0.05) is 43.2 Å². The summed E-state index contributed by atoms with van der Waals surface area (Å²) in [5, 5.41) is 2.06. The number of ketones is 1. The van der Waals surface area contributed by atoms with Gasteiger partial charge in [0.15, 0.2) is 0 Å². The number of Topliss-reactive ketones (excluding diaryl/α,β-unsaturated/α-hetero) is 1. The van der Waals surface area contributed by atoms with E-state index in [9.17, 15) is 19.2 Å². The van der Waals surface area contributed by atoms with Crippen LogP contribution in [-0.4, -0.2) is 90.7 Å². The minimum Gasteiger partial charge on any atom is -0.445 e. The highest BCUT2D eigenvalue weighted by Gasteiger charge is 2.37. The molecule has 0 aliphatic carbocycles. The summed E-state index contributed by atoms with van der Waals surface area (Å²) < 4.78 is 5.69. The Morgan fingerprint density at radius 3 is 2.36 bits per heavy atom. The second-order valence-corrected chi connectivity index (χ2v) is 13.3. The normalized spacial score (nSPS) is 18.4. The van der Waals surface area contributed by atoms with Crippen molar-refractivity contribution >= 4 is 40.7 Å². The second kappa shape index (κ2) is 18.0. The van der Waals surface area contributed by atoms with Crippen LogP contribution in [0.25, 0.3) is 0 Å². The summed E-state index contributed by atoms with van der Waals surface area (Å²) in [6, 6.07) is 7.20. The van der Waals surface area contributed by atoms with Crippen LogP contribution in [0.4, 0.5) is 10.5 Å². The Balaban J connectivity index is 0.000000719. The molecule has 2 fully saturated rings. The molecule has 9 nitrogen and oxygen atoms in total. The number of aryl methyl sites for hydroxylation is 2. The van der Waals surface area contributed by atoms with Gasteiger partial charge in [0.05, 0.1) is 5.69 Å². The topological polar surface area (TPSA) is 90.5 Å². The number of hydrogen-bond acceptors (Lipinski definition) is 7. The summed E-state index contributed by atoms with van der Waals surface area (Å²) in [5.41, 5.74) is 3.45. The number of fused-ring (bicyclic) bond motifs is 1. The van der Waals surface area contributed by atoms with Crippen molar-refractivity contribution in [2.45, 2.75) is 92.2 Å². The third kappa shape index (κ3) is 10.4. The van der Waals surface area contributed by atoms with Gasteiger partial charge in [0.25, 0.3) is 5.91 Å². The van der Waals surface area contributed by atoms with Crippen LogP contribution < -0.4 is 4.90 Å². The molecule has 1 aromatic carbocycles. The van der Waals surface area contributed by atoms with Gasteiger partial charge >= 0.3 is 6.09 Å². The Hall–Kier alpha value is -3.24. The molecule has 0 spiro atoms. The molecular weight excluding hydrogens is 588 g/mol. The van der Waals surface area contributed by atoms with Crippen molar-refractivity contribution in [3.05, 3.63) is 51.2 Å². The van der Waals surface area contributed by atoms with Gasteiger partial charge in [-0.05, 0) is 108 Å². The summed E-state index contributed by atoms with van der Waals surface area (Å²) in [7, 11) is 2.08. The van der Waals surface area contributed by atoms with Crippen molar-refractivity contribution in [1.82, 2.24) is 14.7 Å². The lowest BCUT2D eigenvalue weighted by Crippen LogP contribution is -2.48. The molecule has 2 aromatic rings. The first kappa shape index (κ1) is 36.2. The predicted octanol–water partition coefficient (Wildman–Crippen LogP) is 6.32. The van der Waals surface area contributed by atoms with Crippen LogP contribution >= 0.6 is 11.3 Å². The number of carbonyl (C=O) groups is 4. The number of ether oxygens (including phenoxy) is 1. The van der Waals surface area contributed by atoms with E-state index in [1.807, 2.05) is 41.0 Å². The number of amides is 3. The summed E-state index contributed by atoms with van der Waals surface area (Å²) >= 11 is 1.72. The molecule has 0 saturated carbocycles. The Labute approximate surface area is 273 Å². The van der Waals surface area contributed by atoms with Crippen molar-refractivity contribution in [3.8, 4) is 0 Å². The molecule has 0 bridgehead atoms. The minimum absolute atomic E-state index is 0.0105. The van der Waals surface area contributed by atoms with Crippen LogP contribution in [0.3, 0.4) is 0 Å². The van der Waals surface area contributed by atoms with E-state index in [0.717, 1.165) is 75.1 Å². The highest BCUT2D eigenvalue weighted by molar-refractivity contribution is 7.10. The monoisotopic (exact) mass is 640 g/mol. The highest BCUT2D eigenvalue weighted by Crippen LogP contribution is 2.32. The number of carbonyl (C=O) groups excluding carboxylic acids is 4. The molecule has 0 radical (unpaired) electrons. The van der Waals surface area contributed by atoms with Crippen LogP contribution in [0, 0.1) is 6.92 Å². The molecule has 4 heterocycles. The Morgan fingerprint density at radius 2 is 1.64 bits per heavy atom. The average molecular weight is 641 g/mol. The van der Waals surface area contributed by atoms with Crippen molar-refractivity contribution in [3.63, 3.8) is 0 Å². The van der Waals surface area contributed by atoms with E-state index in [1.165, 1.54) is 25.1 Å². The van der Waals surface area contributed by atoms with Crippen LogP contribution in [-0.2, 0) is 27.4 Å². The first-order valence-corrected chi connectivity index (χ1v) is 17.3. The van der Waals surface area contributed by atoms with Crippen molar-refractivity contribution in [2.75, 3.05) is 51.2 Å². The van der Waals surface area contributed by atoms with Gasteiger partial charge in [-0.1, -0.05) is 26.3 Å². The summed E-state index contributed by atoms with van der Waals surface area (Å²) in [5.74, 6) is 0.215. The van der Waals surface area contributed by atoms with Gasteiger partial charge < -0.3 is 24.2 Å². The Kier molecular flexibility index (Phi) is 14.5. The van der Waals surface area contributed by atoms with Crippen molar-refractivity contribution in [2.24, 2.45) is 0 Å². The van der Waals surface area contributed by atoms with Gasteiger partial charge in [-0.15, -0.1) is 11.3 Å². The molecule has 0 N–H and O–H groups in total. The lowest BCUT2D eigenvalue weighted by Gasteiger charge is -2.29. The third-order valence-electron chi connectivity index (χ3n) is 8.04. The lowest BCUT2D eigenvalue weighted by molar-refractivity contribution is -0.135. The zero-order valence-electron chi connectivity index (χ0n) is 28.1. The van der Waals surface area contributed by atoms with Gasteiger partial charge in [-0.3, -0.25) is 14.5 Å². The van der Waals surface area contributed by atoms with Gasteiger partial charge in [-0.25, -0.2) is 4.79 Å². The van der Waals surface area contributed by atoms with Crippen LogP contribution in [0.1, 0.15) is 92.6 Å². The van der Waals surface area contributed by atoms with Gasteiger partial charge in [0.2, 0.25) is 5.91 Å². The van der Waals surface area contributed by atoms with E-state index in [4.69, 9.17) is 4.74 Å². The van der Waals surface area contributed by atoms with E-state index in [2.05, 4.69) is 31.2 Å². The first-order chi connectivity index (χ1) is 21.6. The maximum Gasteiger partial charge on any atom is 0.410 e. The molecule has 45 heavy (non-hydrogen) atoms. The zero-order valence-corrected chi connectivity index (χ0v) is 28.9. The molecule has 3 aliphatic heterocycles. The predicted molar refractivity (Wildman–Crippen MR) is 181 cm³/mol. The highest BCUT2D eigenvalue weighted by atomic mass is 32.1. The summed E-state index contributed by atoms with van der Waals surface area (Å²) in [4.78, 5) is 58.0. The maximum absolute atomic E-state index is 13.4. The molecule has 2 saturated heterocycles. The van der Waals surface area contributed by atoms with Crippen molar-refractivity contribution in [1.29, 1.82) is 0 Å². The van der Waals surface area contributed by atoms with Gasteiger partial charge in [0.1, 0.15) is 18.4 Å². The second-order valence-electron chi connectivity index (χ2n) is 12.3.